The summed E-state index contributed by atoms with van der Waals surface area (Å²) in [6, 6.07) is 16.8. The summed E-state index contributed by atoms with van der Waals surface area (Å²) in [6.07, 6.45) is 7.65. The van der Waals surface area contributed by atoms with Gasteiger partial charge in [-0.3, -0.25) is 20.0 Å². The van der Waals surface area contributed by atoms with Crippen molar-refractivity contribution in [2.24, 2.45) is 22.9 Å². The van der Waals surface area contributed by atoms with Crippen molar-refractivity contribution >= 4 is 17.5 Å². The summed E-state index contributed by atoms with van der Waals surface area (Å²) in [5.41, 5.74) is 4.59. The minimum atomic E-state index is -1.53. The number of allylic oxidation sites excluding steroid dienone is 1. The highest BCUT2D eigenvalue weighted by Gasteiger charge is 2.65. The minimum absolute atomic E-state index is 0.00456. The van der Waals surface area contributed by atoms with Crippen LogP contribution >= 0.6 is 0 Å². The van der Waals surface area contributed by atoms with E-state index in [1.165, 1.54) is 12.1 Å². The molecule has 16 nitrogen and oxygen atoms in total. The molecule has 0 bridgehead atoms. The predicted octanol–water partition coefficient (Wildman–Crippen LogP) is 7.18. The van der Waals surface area contributed by atoms with Gasteiger partial charge in [-0.2, -0.15) is 0 Å². The first kappa shape index (κ1) is 48.1. The Kier molecular flexibility index (Phi) is 17.7. The Morgan fingerprint density at radius 2 is 1.81 bits per heavy atom. The van der Waals surface area contributed by atoms with E-state index >= 15 is 0 Å². The average Bonchev–Trinajstić information content (AvgIpc) is 3.29. The van der Waals surface area contributed by atoms with E-state index in [0.29, 0.717) is 35.6 Å². The molecule has 0 radical (unpaired) electrons. The van der Waals surface area contributed by atoms with Gasteiger partial charge < -0.3 is 43.8 Å². The topological polar surface area (TPSA) is 205 Å². The van der Waals surface area contributed by atoms with Gasteiger partial charge in [-0.05, 0) is 105 Å². The van der Waals surface area contributed by atoms with Crippen molar-refractivity contribution in [3.05, 3.63) is 118 Å². The molecule has 6 unspecified atom stereocenters. The third-order valence-corrected chi connectivity index (χ3v) is 12.1. The zero-order valence-corrected chi connectivity index (χ0v) is 36.8. The number of aryl methyl sites for hydroxylation is 1. The van der Waals surface area contributed by atoms with Crippen LogP contribution in [-0.2, 0) is 32.3 Å². The molecule has 3 aliphatic rings. The fourth-order valence-electron chi connectivity index (χ4n) is 9.38. The van der Waals surface area contributed by atoms with Crippen LogP contribution < -0.4 is 9.47 Å². The summed E-state index contributed by atoms with van der Waals surface area (Å²) >= 11 is 0. The second-order valence-corrected chi connectivity index (χ2v) is 16.3. The number of oxime groups is 1. The molecule has 3 N–H and O–H groups in total. The number of pyridine rings is 1. The van der Waals surface area contributed by atoms with Gasteiger partial charge in [0, 0.05) is 55.5 Å². The highest BCUT2D eigenvalue weighted by atomic mass is 16.7. The third-order valence-electron chi connectivity index (χ3n) is 12.1. The number of nitro benzene ring substituents is 1. The van der Waals surface area contributed by atoms with Crippen molar-refractivity contribution in [1.29, 1.82) is 0 Å². The summed E-state index contributed by atoms with van der Waals surface area (Å²) in [4.78, 5) is 37.4. The van der Waals surface area contributed by atoms with Gasteiger partial charge in [-0.15, -0.1) is 6.58 Å². The van der Waals surface area contributed by atoms with Crippen LogP contribution in [0.4, 0.5) is 10.5 Å². The maximum Gasteiger partial charge on any atom is 0.410 e. The van der Waals surface area contributed by atoms with E-state index < -0.39 is 28.8 Å². The van der Waals surface area contributed by atoms with Crippen molar-refractivity contribution in [3.63, 3.8) is 0 Å². The number of benzene rings is 2. The number of aliphatic hydroxyl groups is 3. The fourth-order valence-corrected chi connectivity index (χ4v) is 9.38. The van der Waals surface area contributed by atoms with Crippen molar-refractivity contribution in [3.8, 4) is 11.5 Å². The van der Waals surface area contributed by atoms with Crippen LogP contribution in [0.5, 0.6) is 11.5 Å². The van der Waals surface area contributed by atoms with Gasteiger partial charge in [0.05, 0.1) is 55.3 Å². The molecule has 1 fully saturated rings. The summed E-state index contributed by atoms with van der Waals surface area (Å²) in [5.74, 6) is -1.26. The van der Waals surface area contributed by atoms with Crippen LogP contribution in [0.25, 0.3) is 0 Å². The smallest absolute Gasteiger partial charge is 0.410 e. The van der Waals surface area contributed by atoms with Crippen LogP contribution in [0, 0.1) is 34.8 Å². The molecule has 6 rings (SSSR count). The van der Waals surface area contributed by atoms with Gasteiger partial charge in [-0.25, -0.2) is 4.79 Å². The molecule has 64 heavy (non-hydrogen) atoms. The van der Waals surface area contributed by atoms with Crippen molar-refractivity contribution in [2.75, 3.05) is 52.8 Å². The largest absolute Gasteiger partial charge is 0.487 e. The highest BCUT2D eigenvalue weighted by Crippen LogP contribution is 2.62. The van der Waals surface area contributed by atoms with Gasteiger partial charge in [0.2, 0.25) is 5.79 Å². The Bertz CT molecular complexity index is 2080. The normalized spacial score (nSPS) is 22.7. The molecule has 0 saturated heterocycles. The minimum Gasteiger partial charge on any atom is -0.487 e. The molecule has 0 spiro atoms. The Morgan fingerprint density at radius 3 is 2.52 bits per heavy atom. The van der Waals surface area contributed by atoms with E-state index in [1.54, 1.807) is 30.0 Å². The number of unbranched alkanes of at least 4 members (excludes halogenated alkanes) is 2. The Morgan fingerprint density at radius 1 is 1.03 bits per heavy atom. The Balaban J connectivity index is 1.54. The first-order valence-electron chi connectivity index (χ1n) is 22.3. The molecular weight excluding hydrogens is 825 g/mol. The monoisotopic (exact) mass is 886 g/mol. The van der Waals surface area contributed by atoms with E-state index in [2.05, 4.69) is 17.6 Å². The lowest BCUT2D eigenvalue weighted by Gasteiger charge is -2.59. The van der Waals surface area contributed by atoms with Crippen LogP contribution in [0.1, 0.15) is 80.3 Å². The standard InChI is InChI=1S/C48H62N4O12/c1-4-25-62-48-44(51(47(56)60-5-2)21-26-59-27-24-55)30-42(50-63-31-34-15-17-37(18-16-34)52(57)58)40-28-35(12-6-8-22-53)39(14-7-9-23-54)45(46(40)48)41-29-38(19-20-43(41)64-48)61-32-36-13-10-11-33(3)49-36/h4,10-11,13,15-20,28-29,35,39,44-46,53-55H,1,5-9,12,14,21-27,30-32H2,2-3H3. The number of ether oxygens (including phenoxy) is 5. The second kappa shape index (κ2) is 23.5. The molecule has 2 aliphatic carbocycles. The van der Waals surface area contributed by atoms with E-state index in [0.717, 1.165) is 48.2 Å². The van der Waals surface area contributed by atoms with Gasteiger partial charge >= 0.3 is 6.09 Å². The third kappa shape index (κ3) is 11.5. The number of carbonyl (C=O) groups excluding carboxylic acids is 1. The average molecular weight is 887 g/mol. The number of hydrogen-bond donors (Lipinski definition) is 3. The first-order valence-corrected chi connectivity index (χ1v) is 22.3. The summed E-state index contributed by atoms with van der Waals surface area (Å²) < 4.78 is 32.1. The molecule has 6 atom stereocenters. The van der Waals surface area contributed by atoms with Crippen LogP contribution in [0.3, 0.4) is 0 Å². The number of aliphatic hydroxyl groups excluding tert-OH is 3. The summed E-state index contributed by atoms with van der Waals surface area (Å²) in [5, 5.41) is 45.6. The molecule has 1 aromatic heterocycles. The number of nitrogens with zero attached hydrogens (tertiary/aromatic N) is 4. The first-order chi connectivity index (χ1) is 31.2. The van der Waals surface area contributed by atoms with Gasteiger partial charge in [0.1, 0.15) is 30.8 Å². The van der Waals surface area contributed by atoms with Gasteiger partial charge in [0.15, 0.2) is 0 Å². The lowest BCUT2D eigenvalue weighted by Crippen LogP contribution is -2.70. The zero-order chi connectivity index (χ0) is 45.5. The number of rotatable bonds is 25. The van der Waals surface area contributed by atoms with Crippen LogP contribution in [-0.4, -0.2) is 107 Å². The SMILES string of the molecule is C=CCOC12Oc3ccc(OCc4cccc(C)n4)cc3C3C(CCCCO)C(CCCCO)C=C(C(=NOCc4ccc([N+](=O)[O-])cc4)CC1N(CCOCCO)C(=O)OCC)C32. The predicted molar refractivity (Wildman–Crippen MR) is 238 cm³/mol. The molecule has 2 heterocycles. The lowest BCUT2D eigenvalue weighted by atomic mass is 9.55. The van der Waals surface area contributed by atoms with Gasteiger partial charge in [0.25, 0.3) is 5.69 Å². The fraction of sp³-hybridized carbons (Fsp3) is 0.521. The summed E-state index contributed by atoms with van der Waals surface area (Å²) in [6.45, 7) is 8.22. The molecule has 346 valence electrons. The number of fused-ring (bicyclic) bond motifs is 2. The second-order valence-electron chi connectivity index (χ2n) is 16.3. The molecular formula is C48H62N4O12. The van der Waals surface area contributed by atoms with Crippen LogP contribution in [0.15, 0.2) is 90.1 Å². The summed E-state index contributed by atoms with van der Waals surface area (Å²) in [7, 11) is 0. The molecule has 16 heteroatoms. The number of amides is 1. The van der Waals surface area contributed by atoms with Crippen molar-refractivity contribution in [1.82, 2.24) is 9.88 Å². The van der Waals surface area contributed by atoms with E-state index in [-0.39, 0.29) is 95.9 Å². The number of carbonyl (C=O) groups is 1. The Hall–Kier alpha value is -5.39. The van der Waals surface area contributed by atoms with E-state index in [9.17, 15) is 30.2 Å². The van der Waals surface area contributed by atoms with E-state index in [4.69, 9.17) is 33.7 Å². The Labute approximate surface area is 374 Å². The lowest BCUT2D eigenvalue weighted by molar-refractivity contribution is -0.384. The molecule has 1 aliphatic heterocycles. The number of nitro groups is 1. The van der Waals surface area contributed by atoms with E-state index in [1.807, 2.05) is 43.3 Å². The maximum atomic E-state index is 14.2. The van der Waals surface area contributed by atoms with Gasteiger partial charge in [-0.1, -0.05) is 36.2 Å². The number of non-ortho nitro benzene ring substituents is 1. The van der Waals surface area contributed by atoms with Crippen molar-refractivity contribution < 1.29 is 53.6 Å². The zero-order valence-electron chi connectivity index (χ0n) is 36.8. The molecule has 1 amide bonds. The quantitative estimate of drug-likeness (QED) is 0.0334. The molecule has 1 saturated carbocycles. The molecule has 3 aromatic rings. The number of aromatic nitrogens is 1. The van der Waals surface area contributed by atoms with Crippen LogP contribution in [0.2, 0.25) is 0 Å². The molecule has 2 aromatic carbocycles. The van der Waals surface area contributed by atoms with Crippen molar-refractivity contribution in [2.45, 2.75) is 89.8 Å². The highest BCUT2D eigenvalue weighted by molar-refractivity contribution is 6.03. The maximum absolute atomic E-state index is 14.2. The number of hydrogen-bond acceptors (Lipinski definition) is 14.